The van der Waals surface area contributed by atoms with Crippen molar-refractivity contribution in [3.63, 3.8) is 0 Å². The highest BCUT2D eigenvalue weighted by Gasteiger charge is 2.58. The molecule has 0 saturated heterocycles. The Labute approximate surface area is 705 Å². The van der Waals surface area contributed by atoms with Crippen LogP contribution in [0.5, 0.6) is 23.0 Å². The average Bonchev–Trinajstić information content (AvgIpc) is 1.55. The van der Waals surface area contributed by atoms with E-state index in [-0.39, 0.29) is 33.2 Å². The van der Waals surface area contributed by atoms with E-state index < -0.39 is 0 Å². The second-order valence-corrected chi connectivity index (χ2v) is 37.6. The SMILES string of the molecule is Cc1cc(-c2c(C)ccc3c2OC(C)(C)C32CCCC2)[n+](C)cc1-c1ccccc1.Cc1cc(-c2c(C)ccc3c2OC(C)(C)C32CCCCC2)[n+](C)cc1-c1ccccc1.Cc1cc(-c2c(C)ccc3c2OC(C)(C)CC3)[n+](C)cc1-c1ccccc1.Cc1cc(-c2c(C)ccc3c2OC2(CCCCC2)CC3)[n+](C)cc1-c1ccccc1. The van der Waals surface area contributed by atoms with Crippen LogP contribution in [0.4, 0.5) is 0 Å². The van der Waals surface area contributed by atoms with E-state index in [1.807, 2.05) is 0 Å². The second kappa shape index (κ2) is 32.4. The van der Waals surface area contributed by atoms with Crippen LogP contribution in [0, 0.1) is 55.4 Å². The Balaban J connectivity index is 0.000000118. The molecule has 0 atom stereocenters. The van der Waals surface area contributed by atoms with Crippen LogP contribution in [0.2, 0.25) is 0 Å². The van der Waals surface area contributed by atoms with Gasteiger partial charge >= 0.3 is 0 Å². The van der Waals surface area contributed by atoms with Gasteiger partial charge in [-0.25, -0.2) is 18.3 Å². The average molecular weight is 1570 g/mol. The molecule has 0 N–H and O–H groups in total. The zero-order chi connectivity index (χ0) is 82.8. The molecule has 118 heavy (non-hydrogen) atoms. The summed E-state index contributed by atoms with van der Waals surface area (Å²) in [5.41, 5.74) is 35.8. The van der Waals surface area contributed by atoms with Gasteiger partial charge in [0.2, 0.25) is 22.8 Å². The van der Waals surface area contributed by atoms with Gasteiger partial charge in [-0.1, -0.05) is 208 Å². The fraction of sp³-hybridized carbons (Fsp3) is 0.382. The van der Waals surface area contributed by atoms with Crippen molar-refractivity contribution in [3.05, 3.63) is 286 Å². The van der Waals surface area contributed by atoms with E-state index >= 15 is 0 Å². The van der Waals surface area contributed by atoms with Crippen molar-refractivity contribution in [1.29, 1.82) is 0 Å². The number of benzene rings is 8. The Morgan fingerprint density at radius 1 is 0.263 bits per heavy atom. The second-order valence-electron chi connectivity index (χ2n) is 37.6. The summed E-state index contributed by atoms with van der Waals surface area (Å²) in [6.07, 6.45) is 31.3. The van der Waals surface area contributed by atoms with Crippen LogP contribution in [0.25, 0.3) is 89.5 Å². The van der Waals surface area contributed by atoms with Gasteiger partial charge in [0.05, 0.1) is 22.3 Å². The Hall–Kier alpha value is -10.4. The van der Waals surface area contributed by atoms with Gasteiger partial charge in [-0.2, -0.15) is 0 Å². The van der Waals surface area contributed by atoms with Crippen molar-refractivity contribution < 1.29 is 37.2 Å². The van der Waals surface area contributed by atoms with Crippen LogP contribution in [-0.4, -0.2) is 22.4 Å². The van der Waals surface area contributed by atoms with Gasteiger partial charge in [0.15, 0.2) is 24.8 Å². The van der Waals surface area contributed by atoms with Crippen molar-refractivity contribution in [1.82, 2.24) is 0 Å². The summed E-state index contributed by atoms with van der Waals surface area (Å²) in [5, 5.41) is 0. The number of hydrogen-bond acceptors (Lipinski definition) is 4. The maximum absolute atomic E-state index is 6.92. The number of pyridine rings is 4. The van der Waals surface area contributed by atoms with E-state index in [2.05, 4.69) is 362 Å². The molecular weight excluding hydrogens is 1440 g/mol. The summed E-state index contributed by atoms with van der Waals surface area (Å²) < 4.78 is 36.1. The first-order chi connectivity index (χ1) is 56.6. The molecule has 7 aliphatic rings. The van der Waals surface area contributed by atoms with Gasteiger partial charge in [-0.15, -0.1) is 0 Å². The summed E-state index contributed by atoms with van der Waals surface area (Å²) >= 11 is 0. The van der Waals surface area contributed by atoms with Gasteiger partial charge in [-0.3, -0.25) is 0 Å². The number of hydrogen-bond donors (Lipinski definition) is 0. The molecule has 12 aromatic rings. The normalized spacial score (nSPS) is 17.5. The number of rotatable bonds is 8. The molecule has 8 heteroatoms. The van der Waals surface area contributed by atoms with Crippen LogP contribution >= 0.6 is 0 Å². The maximum atomic E-state index is 6.92. The maximum Gasteiger partial charge on any atom is 0.216 e. The molecule has 0 bridgehead atoms. The summed E-state index contributed by atoms with van der Waals surface area (Å²) in [4.78, 5) is 0. The molecular formula is C110H126N4O4+4. The first-order valence-electron chi connectivity index (χ1n) is 44.1. The van der Waals surface area contributed by atoms with Crippen molar-refractivity contribution >= 4 is 0 Å². The summed E-state index contributed by atoms with van der Waals surface area (Å²) in [6, 6.07) is 70.2. The van der Waals surface area contributed by atoms with Crippen LogP contribution in [0.1, 0.15) is 211 Å². The monoisotopic (exact) mass is 1570 g/mol. The predicted molar refractivity (Wildman–Crippen MR) is 484 cm³/mol. The van der Waals surface area contributed by atoms with Gasteiger partial charge in [0.1, 0.15) is 73.6 Å². The smallest absolute Gasteiger partial charge is 0.216 e. The molecule has 8 aromatic carbocycles. The highest BCUT2D eigenvalue weighted by Crippen LogP contribution is 2.62. The number of fused-ring (bicyclic) bond motifs is 6. The molecule has 4 aliphatic heterocycles. The molecule has 606 valence electrons. The van der Waals surface area contributed by atoms with Crippen LogP contribution < -0.4 is 37.2 Å². The van der Waals surface area contributed by atoms with E-state index in [0.717, 1.165) is 42.3 Å². The highest BCUT2D eigenvalue weighted by atomic mass is 16.5. The standard InChI is InChI=1S/C29H34NO.2C28H32NO.C25H28NO/c1-20-14-15-24-27(31-28(3,4)29(24)16-10-7-11-17-29)26(20)25-18-21(2)23(19-30(25)5)22-12-8-6-9-13-22;1-19-13-14-23-26(30-27(3,4)28(23)15-9-10-16-28)25(19)24-17-20(2)22(18-29(24)5)21-11-7-6-8-12-21;1-20-12-13-23-14-17-28(15-8-5-9-16-28)30-27(23)26(20)25-18-21(2)24(19-29(25)3)22-10-6-4-7-11-22;1-17-11-12-20-13-14-25(3,4)27-24(20)23(17)22-15-18(2)21(16-26(22)5)19-9-7-6-8-10-19/h6,8-9,12-15,18-19H,7,10-11,16-17H2,1-5H3;6-8,11-14,17-18H,9-10,15-16H2,1-5H3;4,6-7,10-13,18-19H,5,8-9,14-17H2,1-3H3;6-12,15-16H,13-14H2,1-5H3/q4*+1. The molecule has 0 amide bonds. The molecule has 4 aromatic heterocycles. The molecule has 19 rings (SSSR count). The van der Waals surface area contributed by atoms with Crippen LogP contribution in [-0.2, 0) is 51.9 Å². The summed E-state index contributed by atoms with van der Waals surface area (Å²) in [7, 11) is 8.62. The van der Waals surface area contributed by atoms with Crippen molar-refractivity contribution in [3.8, 4) is 113 Å². The van der Waals surface area contributed by atoms with E-state index in [1.54, 1.807) is 0 Å². The highest BCUT2D eigenvalue weighted by molar-refractivity contribution is 5.80. The topological polar surface area (TPSA) is 52.4 Å². The molecule has 3 spiro atoms. The van der Waals surface area contributed by atoms with Gasteiger partial charge in [0.25, 0.3) is 0 Å². The molecule has 3 fully saturated rings. The van der Waals surface area contributed by atoms with Crippen molar-refractivity contribution in [2.75, 3.05) is 0 Å². The zero-order valence-corrected chi connectivity index (χ0v) is 73.9. The third-order valence-electron chi connectivity index (χ3n) is 28.4. The van der Waals surface area contributed by atoms with Crippen molar-refractivity contribution in [2.24, 2.45) is 28.2 Å². The lowest BCUT2D eigenvalue weighted by molar-refractivity contribution is -0.660. The summed E-state index contributed by atoms with van der Waals surface area (Å²) in [6.45, 7) is 31.3. The lowest BCUT2D eigenvalue weighted by Gasteiger charge is -2.43. The minimum absolute atomic E-state index is 0.0609. The number of aromatic nitrogens is 4. The number of nitrogens with zero attached hydrogens (tertiary/aromatic N) is 4. The van der Waals surface area contributed by atoms with Crippen LogP contribution in [0.3, 0.4) is 0 Å². The van der Waals surface area contributed by atoms with Crippen molar-refractivity contribution in [2.45, 2.75) is 246 Å². The fourth-order valence-electron chi connectivity index (χ4n) is 21.5. The van der Waals surface area contributed by atoms with E-state index in [4.69, 9.17) is 18.9 Å². The predicted octanol–water partition coefficient (Wildman–Crippen LogP) is 25.3. The molecule has 8 heterocycles. The van der Waals surface area contributed by atoms with Gasteiger partial charge in [-0.05, 0) is 252 Å². The Bertz CT molecular complexity index is 5760. The van der Waals surface area contributed by atoms with Gasteiger partial charge < -0.3 is 18.9 Å². The lowest BCUT2D eigenvalue weighted by atomic mass is 9.62. The van der Waals surface area contributed by atoms with E-state index in [9.17, 15) is 0 Å². The molecule has 8 nitrogen and oxygen atoms in total. The first-order valence-corrected chi connectivity index (χ1v) is 44.1. The molecule has 0 radical (unpaired) electrons. The third-order valence-corrected chi connectivity index (χ3v) is 28.4. The Kier molecular flexibility index (Phi) is 22.3. The third kappa shape index (κ3) is 15.1. The van der Waals surface area contributed by atoms with Crippen LogP contribution in [0.15, 0.2) is 219 Å². The quantitative estimate of drug-likeness (QED) is 0.142. The number of ether oxygens (including phenoxy) is 4. The van der Waals surface area contributed by atoms with E-state index in [0.29, 0.717) is 0 Å². The largest absolute Gasteiger partial charge is 0.487 e. The van der Waals surface area contributed by atoms with E-state index in [1.165, 1.54) is 253 Å². The minimum Gasteiger partial charge on any atom is -0.487 e. The zero-order valence-electron chi connectivity index (χ0n) is 73.9. The lowest BCUT2D eigenvalue weighted by Crippen LogP contribution is -2.47. The molecule has 3 saturated carbocycles. The number of aryl methyl sites for hydroxylation is 14. The summed E-state index contributed by atoms with van der Waals surface area (Å²) in [5.74, 6) is 4.44. The minimum atomic E-state index is -0.171. The Morgan fingerprint density at radius 2 is 0.542 bits per heavy atom. The molecule has 3 aliphatic carbocycles. The molecule has 0 unspecified atom stereocenters. The first kappa shape index (κ1) is 81.3. The fourth-order valence-corrected chi connectivity index (χ4v) is 21.5. The Morgan fingerprint density at radius 3 is 0.873 bits per heavy atom. The van der Waals surface area contributed by atoms with Gasteiger partial charge in [0, 0.05) is 68.5 Å².